The van der Waals surface area contributed by atoms with Gasteiger partial charge in [-0.3, -0.25) is 4.79 Å². The van der Waals surface area contributed by atoms with Gasteiger partial charge in [0.05, 0.1) is 0 Å². The van der Waals surface area contributed by atoms with Crippen molar-refractivity contribution in [3.63, 3.8) is 0 Å². The average molecular weight is 383 g/mol. The zero-order chi connectivity index (χ0) is 19.4. The number of carbonyl (C=O) groups is 1. The fourth-order valence-electron chi connectivity index (χ4n) is 3.65. The third-order valence-corrected chi connectivity index (χ3v) is 5.31. The fraction of sp³-hybridized carbons (Fsp3) is 0.318. The van der Waals surface area contributed by atoms with Crippen LogP contribution in [0.5, 0.6) is 11.5 Å². The molecular formula is C22H22FNO4. The lowest BCUT2D eigenvalue weighted by Crippen LogP contribution is -2.44. The second-order valence-electron chi connectivity index (χ2n) is 7.07. The molecule has 0 radical (unpaired) electrons. The van der Waals surface area contributed by atoms with Crippen molar-refractivity contribution in [2.45, 2.75) is 18.3 Å². The number of rotatable bonds is 5. The van der Waals surface area contributed by atoms with Crippen LogP contribution in [0.2, 0.25) is 0 Å². The maximum atomic E-state index is 13.7. The van der Waals surface area contributed by atoms with E-state index in [2.05, 4.69) is 5.32 Å². The van der Waals surface area contributed by atoms with Gasteiger partial charge < -0.3 is 19.5 Å². The molecule has 1 N–H and O–H groups in total. The Morgan fingerprint density at radius 1 is 1.11 bits per heavy atom. The molecule has 28 heavy (non-hydrogen) atoms. The molecule has 1 amide bonds. The third kappa shape index (κ3) is 4.02. The topological polar surface area (TPSA) is 56.8 Å². The van der Waals surface area contributed by atoms with Crippen molar-refractivity contribution in [2.24, 2.45) is 0 Å². The molecule has 0 atom stereocenters. The maximum Gasteiger partial charge on any atom is 0.244 e. The predicted octanol–water partition coefficient (Wildman–Crippen LogP) is 3.43. The van der Waals surface area contributed by atoms with E-state index in [0.29, 0.717) is 31.3 Å². The van der Waals surface area contributed by atoms with E-state index in [1.807, 2.05) is 24.3 Å². The van der Waals surface area contributed by atoms with Crippen molar-refractivity contribution >= 4 is 12.0 Å². The summed E-state index contributed by atoms with van der Waals surface area (Å²) < 4.78 is 29.9. The van der Waals surface area contributed by atoms with Crippen LogP contribution in [0.1, 0.15) is 24.0 Å². The Morgan fingerprint density at radius 3 is 2.75 bits per heavy atom. The number of amides is 1. The Balaban J connectivity index is 1.43. The zero-order valence-electron chi connectivity index (χ0n) is 15.4. The minimum atomic E-state index is -0.317. The molecule has 146 valence electrons. The summed E-state index contributed by atoms with van der Waals surface area (Å²) in [5.74, 6) is 0.922. The highest BCUT2D eigenvalue weighted by Crippen LogP contribution is 2.35. The summed E-state index contributed by atoms with van der Waals surface area (Å²) in [4.78, 5) is 12.4. The monoisotopic (exact) mass is 383 g/mol. The normalized spacial score (nSPS) is 17.6. The molecule has 0 bridgehead atoms. The molecule has 1 fully saturated rings. The molecule has 0 saturated carbocycles. The van der Waals surface area contributed by atoms with Gasteiger partial charge in [0, 0.05) is 31.2 Å². The summed E-state index contributed by atoms with van der Waals surface area (Å²) in [6, 6.07) is 12.1. The van der Waals surface area contributed by atoms with Gasteiger partial charge in [-0.15, -0.1) is 0 Å². The first-order chi connectivity index (χ1) is 13.6. The standard InChI is InChI=1S/C22H22FNO4/c23-18-3-1-2-17(13-18)22(8-10-26-11-9-22)14-24-21(25)7-5-16-4-6-19-20(12-16)28-15-27-19/h1-7,12-13H,8-11,14-15H2,(H,24,25)/b7-5+. The van der Waals surface area contributed by atoms with Gasteiger partial charge in [0.2, 0.25) is 12.7 Å². The van der Waals surface area contributed by atoms with Crippen LogP contribution in [-0.4, -0.2) is 32.5 Å². The first-order valence-corrected chi connectivity index (χ1v) is 9.34. The molecule has 1 saturated heterocycles. The first kappa shape index (κ1) is 18.5. The van der Waals surface area contributed by atoms with Crippen molar-refractivity contribution in [3.05, 3.63) is 65.5 Å². The second-order valence-corrected chi connectivity index (χ2v) is 7.07. The van der Waals surface area contributed by atoms with Gasteiger partial charge in [-0.25, -0.2) is 4.39 Å². The Kier molecular flexibility index (Phi) is 5.30. The van der Waals surface area contributed by atoms with Crippen LogP contribution in [-0.2, 0) is 14.9 Å². The molecule has 0 aliphatic carbocycles. The first-order valence-electron chi connectivity index (χ1n) is 9.34. The second kappa shape index (κ2) is 8.02. The van der Waals surface area contributed by atoms with E-state index in [1.165, 1.54) is 12.1 Å². The molecule has 2 heterocycles. The molecule has 0 aromatic heterocycles. The maximum absolute atomic E-state index is 13.7. The highest BCUT2D eigenvalue weighted by atomic mass is 19.1. The van der Waals surface area contributed by atoms with Crippen molar-refractivity contribution in [1.82, 2.24) is 5.32 Å². The SMILES string of the molecule is O=C(/C=C/c1ccc2c(c1)OCO2)NCC1(c2cccc(F)c2)CCOCC1. The van der Waals surface area contributed by atoms with Crippen molar-refractivity contribution in [2.75, 3.05) is 26.6 Å². The summed E-state index contributed by atoms with van der Waals surface area (Å²) >= 11 is 0. The summed E-state index contributed by atoms with van der Waals surface area (Å²) in [7, 11) is 0. The van der Waals surface area contributed by atoms with Crippen LogP contribution >= 0.6 is 0 Å². The summed E-state index contributed by atoms with van der Waals surface area (Å²) in [6.07, 6.45) is 4.71. The molecule has 2 aliphatic heterocycles. The van der Waals surface area contributed by atoms with Crippen molar-refractivity contribution in [1.29, 1.82) is 0 Å². The van der Waals surface area contributed by atoms with Gasteiger partial charge in [-0.05, 0) is 54.3 Å². The lowest BCUT2D eigenvalue weighted by Gasteiger charge is -2.37. The van der Waals surface area contributed by atoms with Gasteiger partial charge in [0.15, 0.2) is 11.5 Å². The van der Waals surface area contributed by atoms with Gasteiger partial charge in [0.1, 0.15) is 5.82 Å². The molecule has 2 aromatic rings. The third-order valence-electron chi connectivity index (χ3n) is 5.31. The Morgan fingerprint density at radius 2 is 1.93 bits per heavy atom. The summed E-state index contributed by atoms with van der Waals surface area (Å²) in [5.41, 5.74) is 1.43. The molecule has 5 nitrogen and oxygen atoms in total. The largest absolute Gasteiger partial charge is 0.454 e. The van der Waals surface area contributed by atoms with E-state index in [-0.39, 0.29) is 23.9 Å². The van der Waals surface area contributed by atoms with E-state index >= 15 is 0 Å². The zero-order valence-corrected chi connectivity index (χ0v) is 15.4. The number of carbonyl (C=O) groups excluding carboxylic acids is 1. The van der Waals surface area contributed by atoms with Gasteiger partial charge in [0.25, 0.3) is 0 Å². The number of hydrogen-bond acceptors (Lipinski definition) is 4. The van der Waals surface area contributed by atoms with Gasteiger partial charge in [-0.2, -0.15) is 0 Å². The highest BCUT2D eigenvalue weighted by Gasteiger charge is 2.35. The molecule has 6 heteroatoms. The van der Waals surface area contributed by atoms with Crippen molar-refractivity contribution in [3.8, 4) is 11.5 Å². The summed E-state index contributed by atoms with van der Waals surface area (Å²) in [6.45, 7) is 1.85. The number of nitrogens with one attached hydrogen (secondary N) is 1. The molecular weight excluding hydrogens is 361 g/mol. The minimum Gasteiger partial charge on any atom is -0.454 e. The summed E-state index contributed by atoms with van der Waals surface area (Å²) in [5, 5.41) is 2.97. The fourth-order valence-corrected chi connectivity index (χ4v) is 3.65. The van der Waals surface area contributed by atoms with Gasteiger partial charge >= 0.3 is 0 Å². The van der Waals surface area contributed by atoms with Gasteiger partial charge in [-0.1, -0.05) is 18.2 Å². The molecule has 0 spiro atoms. The van der Waals surface area contributed by atoms with Crippen molar-refractivity contribution < 1.29 is 23.4 Å². The predicted molar refractivity (Wildman–Crippen MR) is 103 cm³/mol. The molecule has 0 unspecified atom stereocenters. The lowest BCUT2D eigenvalue weighted by atomic mass is 9.74. The number of ether oxygens (including phenoxy) is 3. The van der Waals surface area contributed by atoms with Crippen LogP contribution in [0.25, 0.3) is 6.08 Å². The minimum absolute atomic E-state index is 0.195. The van der Waals surface area contributed by atoms with Crippen LogP contribution in [0.4, 0.5) is 4.39 Å². The quantitative estimate of drug-likeness (QED) is 0.804. The van der Waals surface area contributed by atoms with Crippen LogP contribution < -0.4 is 14.8 Å². The van der Waals surface area contributed by atoms with E-state index < -0.39 is 0 Å². The number of hydrogen-bond donors (Lipinski definition) is 1. The molecule has 2 aliphatic rings. The Bertz CT molecular complexity index is 890. The molecule has 2 aromatic carbocycles. The number of fused-ring (bicyclic) bond motifs is 1. The lowest BCUT2D eigenvalue weighted by molar-refractivity contribution is -0.116. The molecule has 4 rings (SSSR count). The van der Waals surface area contributed by atoms with Crippen LogP contribution in [0, 0.1) is 5.82 Å². The Hall–Kier alpha value is -2.86. The van der Waals surface area contributed by atoms with Crippen LogP contribution in [0.15, 0.2) is 48.5 Å². The number of benzene rings is 2. The van der Waals surface area contributed by atoms with E-state index in [4.69, 9.17) is 14.2 Å². The van der Waals surface area contributed by atoms with E-state index in [1.54, 1.807) is 18.2 Å². The number of halogens is 1. The van der Waals surface area contributed by atoms with E-state index in [9.17, 15) is 9.18 Å². The van der Waals surface area contributed by atoms with Crippen LogP contribution in [0.3, 0.4) is 0 Å². The highest BCUT2D eigenvalue weighted by molar-refractivity contribution is 5.91. The average Bonchev–Trinajstić information content (AvgIpc) is 3.19. The smallest absolute Gasteiger partial charge is 0.244 e. The Labute approximate surface area is 163 Å². The van der Waals surface area contributed by atoms with E-state index in [0.717, 1.165) is 24.0 Å².